The van der Waals surface area contributed by atoms with Crippen LogP contribution in [0.1, 0.15) is 0 Å². The minimum atomic E-state index is 0.647. The lowest BCUT2D eigenvalue weighted by molar-refractivity contribution is 1.11. The van der Waals surface area contributed by atoms with Crippen molar-refractivity contribution in [2.24, 2.45) is 0 Å². The van der Waals surface area contributed by atoms with Crippen molar-refractivity contribution in [1.82, 2.24) is 9.13 Å². The normalized spacial score (nSPS) is 11.7. The predicted octanol–water partition coefficient (Wildman–Crippen LogP) is 17.5. The summed E-state index contributed by atoms with van der Waals surface area (Å²) in [5, 5.41) is 6.84. The molecule has 0 saturated heterocycles. The van der Waals surface area contributed by atoms with E-state index >= 15 is 0 Å². The van der Waals surface area contributed by atoms with Gasteiger partial charge in [-0.25, -0.2) is 4.85 Å². The minimum Gasteiger partial charge on any atom is -0.317 e. The van der Waals surface area contributed by atoms with E-state index in [1.54, 1.807) is 11.3 Å². The SMILES string of the molecule is [C-]#[N+]c1c(-n2c3ccc(-c4ccccc4)cc3c3cc(-c4ccccc4)ccc32)c(-n2c3ccc(-c4ccccc4)cc3c3cc(-c4ccccc4)ccc32)cc2c1sc1ccccc12. The summed E-state index contributed by atoms with van der Waals surface area (Å²) in [5.41, 5.74) is 16.1. The molecule has 3 heterocycles. The molecule has 0 saturated carbocycles. The Morgan fingerprint density at radius 1 is 0.323 bits per heavy atom. The zero-order valence-corrected chi connectivity index (χ0v) is 35.9. The predicted molar refractivity (Wildman–Crippen MR) is 276 cm³/mol. The number of nitrogens with zero attached hydrogens (tertiary/aromatic N) is 3. The van der Waals surface area contributed by atoms with Crippen LogP contribution >= 0.6 is 11.3 Å². The van der Waals surface area contributed by atoms with Crippen LogP contribution in [0, 0.1) is 6.57 Å². The van der Waals surface area contributed by atoms with E-state index in [0.29, 0.717) is 5.69 Å². The molecule has 3 aromatic heterocycles. The fourth-order valence-electron chi connectivity index (χ4n) is 10.1. The molecule has 4 heteroatoms. The van der Waals surface area contributed by atoms with Gasteiger partial charge in [-0.1, -0.05) is 164 Å². The molecule has 65 heavy (non-hydrogen) atoms. The van der Waals surface area contributed by atoms with Crippen LogP contribution in [0.3, 0.4) is 0 Å². The molecule has 0 aliphatic heterocycles. The maximum absolute atomic E-state index is 9.16. The smallest absolute Gasteiger partial charge is 0.230 e. The van der Waals surface area contributed by atoms with Crippen LogP contribution in [0.4, 0.5) is 5.69 Å². The molecule has 0 unspecified atom stereocenters. The van der Waals surface area contributed by atoms with Crippen molar-refractivity contribution in [3.8, 4) is 55.9 Å². The van der Waals surface area contributed by atoms with Crippen LogP contribution in [0.25, 0.3) is 125 Å². The highest BCUT2D eigenvalue weighted by atomic mass is 32.1. The number of hydrogen-bond donors (Lipinski definition) is 0. The van der Waals surface area contributed by atoms with Crippen molar-refractivity contribution in [3.05, 3.63) is 236 Å². The van der Waals surface area contributed by atoms with Crippen molar-refractivity contribution >= 4 is 80.8 Å². The Morgan fingerprint density at radius 2 is 0.692 bits per heavy atom. The molecule has 0 N–H and O–H groups in total. The molecule has 3 nitrogen and oxygen atoms in total. The summed E-state index contributed by atoms with van der Waals surface area (Å²) in [5.74, 6) is 0. The van der Waals surface area contributed by atoms with Gasteiger partial charge in [0.15, 0.2) is 0 Å². The number of hydrogen-bond acceptors (Lipinski definition) is 1. The van der Waals surface area contributed by atoms with Gasteiger partial charge < -0.3 is 9.13 Å². The van der Waals surface area contributed by atoms with Gasteiger partial charge in [-0.2, -0.15) is 0 Å². The van der Waals surface area contributed by atoms with Crippen molar-refractivity contribution in [1.29, 1.82) is 0 Å². The molecule has 10 aromatic carbocycles. The molecule has 0 bridgehead atoms. The Kier molecular flexibility index (Phi) is 8.46. The van der Waals surface area contributed by atoms with Gasteiger partial charge in [0, 0.05) is 30.9 Å². The Labute approximate surface area is 379 Å². The molecule has 0 amide bonds. The molecule has 13 rings (SSSR count). The topological polar surface area (TPSA) is 14.2 Å². The maximum Gasteiger partial charge on any atom is 0.230 e. The molecular formula is C61H37N3S. The van der Waals surface area contributed by atoms with E-state index < -0.39 is 0 Å². The van der Waals surface area contributed by atoms with E-state index in [2.05, 4.69) is 238 Å². The van der Waals surface area contributed by atoms with Crippen LogP contribution in [-0.4, -0.2) is 9.13 Å². The van der Waals surface area contributed by atoms with Gasteiger partial charge in [0.1, 0.15) is 0 Å². The lowest BCUT2D eigenvalue weighted by atomic mass is 10.0. The summed E-state index contributed by atoms with van der Waals surface area (Å²) >= 11 is 1.71. The third kappa shape index (κ3) is 5.87. The lowest BCUT2D eigenvalue weighted by Crippen LogP contribution is -2.04. The molecule has 0 fully saturated rings. The molecular weight excluding hydrogens is 807 g/mol. The third-order valence-electron chi connectivity index (χ3n) is 13.1. The maximum atomic E-state index is 9.16. The van der Waals surface area contributed by atoms with Crippen molar-refractivity contribution < 1.29 is 0 Å². The first-order valence-corrected chi connectivity index (χ1v) is 22.8. The van der Waals surface area contributed by atoms with E-state index in [0.717, 1.165) is 92.7 Å². The van der Waals surface area contributed by atoms with Gasteiger partial charge in [0.2, 0.25) is 5.69 Å². The van der Waals surface area contributed by atoms with E-state index in [4.69, 9.17) is 6.57 Å². The largest absolute Gasteiger partial charge is 0.317 e. The molecule has 302 valence electrons. The molecule has 13 aromatic rings. The van der Waals surface area contributed by atoms with Gasteiger partial charge in [-0.15, -0.1) is 11.3 Å². The summed E-state index contributed by atoms with van der Waals surface area (Å²) in [6, 6.07) is 80.9. The number of aromatic nitrogens is 2. The summed E-state index contributed by atoms with van der Waals surface area (Å²) in [6.45, 7) is 9.16. The van der Waals surface area contributed by atoms with Crippen LogP contribution in [-0.2, 0) is 0 Å². The second kappa shape index (κ2) is 14.8. The summed E-state index contributed by atoms with van der Waals surface area (Å²) in [4.78, 5) is 4.56. The standard InChI is InChI=1S/C61H37N3S/c1-62-59-60(64-55-32-28-45(41-20-10-4-11-21-41)36-50(55)51-37-46(29-33-56(51)64)42-22-12-5-13-23-42)57(38-52-47-24-14-15-25-58(47)65-61(52)59)63-53-30-26-43(39-16-6-2-7-17-39)34-48(53)49-35-44(27-31-54(49)63)40-18-8-3-9-19-40/h2-38H. The fourth-order valence-corrected chi connectivity index (χ4v) is 11.3. The molecule has 0 atom stereocenters. The van der Waals surface area contributed by atoms with Crippen LogP contribution in [0.2, 0.25) is 0 Å². The highest BCUT2D eigenvalue weighted by molar-refractivity contribution is 7.26. The van der Waals surface area contributed by atoms with Gasteiger partial charge in [0.05, 0.1) is 40.0 Å². The van der Waals surface area contributed by atoms with Crippen LogP contribution < -0.4 is 0 Å². The zero-order chi connectivity index (χ0) is 43.0. The van der Waals surface area contributed by atoms with E-state index in [9.17, 15) is 0 Å². The minimum absolute atomic E-state index is 0.647. The van der Waals surface area contributed by atoms with Crippen molar-refractivity contribution in [2.45, 2.75) is 0 Å². The Balaban J connectivity index is 1.19. The van der Waals surface area contributed by atoms with Gasteiger partial charge in [0.25, 0.3) is 0 Å². The van der Waals surface area contributed by atoms with Gasteiger partial charge in [-0.05, 0) is 116 Å². The monoisotopic (exact) mass is 843 g/mol. The first-order valence-electron chi connectivity index (χ1n) is 21.9. The quantitative estimate of drug-likeness (QED) is 0.148. The van der Waals surface area contributed by atoms with Crippen LogP contribution in [0.15, 0.2) is 224 Å². The highest BCUT2D eigenvalue weighted by Gasteiger charge is 2.26. The molecule has 0 aliphatic carbocycles. The number of benzene rings is 10. The zero-order valence-electron chi connectivity index (χ0n) is 35.1. The number of rotatable bonds is 6. The molecule has 0 aliphatic rings. The first kappa shape index (κ1) is 37.1. The molecule has 0 radical (unpaired) electrons. The second-order valence-corrected chi connectivity index (χ2v) is 17.8. The van der Waals surface area contributed by atoms with Crippen molar-refractivity contribution in [3.63, 3.8) is 0 Å². The van der Waals surface area contributed by atoms with E-state index in [-0.39, 0.29) is 0 Å². The summed E-state index contributed by atoms with van der Waals surface area (Å²) < 4.78 is 6.98. The van der Waals surface area contributed by atoms with Gasteiger partial charge >= 0.3 is 0 Å². The fraction of sp³-hybridized carbons (Fsp3) is 0. The van der Waals surface area contributed by atoms with Crippen LogP contribution in [0.5, 0.6) is 0 Å². The second-order valence-electron chi connectivity index (χ2n) is 16.7. The van der Waals surface area contributed by atoms with Crippen molar-refractivity contribution in [2.75, 3.05) is 0 Å². The first-order chi connectivity index (χ1) is 32.2. The van der Waals surface area contributed by atoms with E-state index in [1.807, 2.05) is 0 Å². The third-order valence-corrected chi connectivity index (χ3v) is 14.3. The Morgan fingerprint density at radius 3 is 1.09 bits per heavy atom. The average Bonchev–Trinajstić information content (AvgIpc) is 4.03. The van der Waals surface area contributed by atoms with E-state index in [1.165, 1.54) is 27.0 Å². The van der Waals surface area contributed by atoms with Gasteiger partial charge in [-0.3, -0.25) is 0 Å². The summed E-state index contributed by atoms with van der Waals surface area (Å²) in [6.07, 6.45) is 0. The number of fused-ring (bicyclic) bond motifs is 9. The lowest BCUT2D eigenvalue weighted by Gasteiger charge is -2.20. The summed E-state index contributed by atoms with van der Waals surface area (Å²) in [7, 11) is 0. The average molecular weight is 844 g/mol. The molecule has 0 spiro atoms. The number of thiophene rings is 1. The highest BCUT2D eigenvalue weighted by Crippen LogP contribution is 2.50. The Bertz CT molecular complexity index is 3850. The Hall–Kier alpha value is -8.49.